The van der Waals surface area contributed by atoms with Gasteiger partial charge in [-0.3, -0.25) is 9.39 Å². The SMILES string of the molecule is CN=C(NCCOC1CCCCCC1)NCc1nnc2ccccn12.I. The van der Waals surface area contributed by atoms with Crippen LogP contribution in [0.4, 0.5) is 0 Å². The molecule has 0 spiro atoms. The number of rotatable bonds is 6. The van der Waals surface area contributed by atoms with Crippen LogP contribution in [0.15, 0.2) is 29.4 Å². The fourth-order valence-electron chi connectivity index (χ4n) is 3.20. The Morgan fingerprint density at radius 1 is 1.19 bits per heavy atom. The van der Waals surface area contributed by atoms with Crippen molar-refractivity contribution in [1.29, 1.82) is 0 Å². The Kier molecular flexibility index (Phi) is 9.10. The fourth-order valence-corrected chi connectivity index (χ4v) is 3.20. The van der Waals surface area contributed by atoms with Crippen LogP contribution in [-0.4, -0.2) is 46.9 Å². The summed E-state index contributed by atoms with van der Waals surface area (Å²) in [5, 5.41) is 14.9. The number of hydrogen-bond donors (Lipinski definition) is 2. The van der Waals surface area contributed by atoms with E-state index in [0.29, 0.717) is 19.3 Å². The Hall–Kier alpha value is -1.42. The second-order valence-electron chi connectivity index (χ2n) is 6.38. The number of nitrogens with one attached hydrogen (secondary N) is 2. The van der Waals surface area contributed by atoms with E-state index in [1.165, 1.54) is 38.5 Å². The first-order valence-electron chi connectivity index (χ1n) is 9.21. The lowest BCUT2D eigenvalue weighted by Crippen LogP contribution is -2.39. The number of pyridine rings is 1. The number of fused-ring (bicyclic) bond motifs is 1. The first-order chi connectivity index (χ1) is 12.4. The molecule has 2 N–H and O–H groups in total. The van der Waals surface area contributed by atoms with Gasteiger partial charge >= 0.3 is 0 Å². The summed E-state index contributed by atoms with van der Waals surface area (Å²) in [6, 6.07) is 5.86. The highest BCUT2D eigenvalue weighted by Gasteiger charge is 2.12. The van der Waals surface area contributed by atoms with E-state index in [1.807, 2.05) is 28.8 Å². The number of halogens is 1. The zero-order valence-electron chi connectivity index (χ0n) is 15.4. The van der Waals surface area contributed by atoms with Crippen LogP contribution in [0.5, 0.6) is 0 Å². The molecule has 1 saturated carbocycles. The van der Waals surface area contributed by atoms with E-state index in [2.05, 4.69) is 25.8 Å². The molecule has 26 heavy (non-hydrogen) atoms. The fraction of sp³-hybridized carbons (Fsp3) is 0.611. The van der Waals surface area contributed by atoms with Crippen LogP contribution in [-0.2, 0) is 11.3 Å². The number of aromatic nitrogens is 3. The quantitative estimate of drug-likeness (QED) is 0.222. The summed E-state index contributed by atoms with van der Waals surface area (Å²) < 4.78 is 7.96. The average Bonchev–Trinajstić information content (AvgIpc) is 2.87. The van der Waals surface area contributed by atoms with Crippen molar-refractivity contribution in [1.82, 2.24) is 25.2 Å². The molecule has 0 amide bonds. The Bertz CT molecular complexity index is 681. The van der Waals surface area contributed by atoms with Gasteiger partial charge < -0.3 is 15.4 Å². The molecule has 8 heteroatoms. The Morgan fingerprint density at radius 2 is 2.00 bits per heavy atom. The van der Waals surface area contributed by atoms with Crippen molar-refractivity contribution in [3.8, 4) is 0 Å². The molecule has 1 fully saturated rings. The summed E-state index contributed by atoms with van der Waals surface area (Å²) in [7, 11) is 1.77. The van der Waals surface area contributed by atoms with E-state index >= 15 is 0 Å². The van der Waals surface area contributed by atoms with Gasteiger partial charge in [-0.2, -0.15) is 0 Å². The highest BCUT2D eigenvalue weighted by Crippen LogP contribution is 2.19. The number of hydrogen-bond acceptors (Lipinski definition) is 4. The van der Waals surface area contributed by atoms with Crippen molar-refractivity contribution in [3.63, 3.8) is 0 Å². The molecule has 2 aromatic heterocycles. The van der Waals surface area contributed by atoms with Crippen LogP contribution in [0.25, 0.3) is 5.65 Å². The molecule has 0 aromatic carbocycles. The first kappa shape index (κ1) is 20.9. The maximum absolute atomic E-state index is 5.99. The molecule has 1 aliphatic carbocycles. The minimum absolute atomic E-state index is 0. The molecule has 2 aromatic rings. The van der Waals surface area contributed by atoms with Crippen molar-refractivity contribution >= 4 is 35.6 Å². The van der Waals surface area contributed by atoms with Crippen LogP contribution >= 0.6 is 24.0 Å². The molecule has 3 rings (SSSR count). The molecule has 0 unspecified atom stereocenters. The summed E-state index contributed by atoms with van der Waals surface area (Å²) >= 11 is 0. The standard InChI is InChI=1S/C18H28N6O.HI/c1-19-18(20-11-13-25-15-8-4-2-3-5-9-15)21-14-17-23-22-16-10-6-7-12-24(16)17;/h6-7,10,12,15H,2-5,8-9,11,13-14H2,1H3,(H2,19,20,21);1H. The van der Waals surface area contributed by atoms with Gasteiger partial charge in [-0.25, -0.2) is 0 Å². The third-order valence-corrected chi connectivity index (χ3v) is 4.57. The minimum Gasteiger partial charge on any atom is -0.376 e. The summed E-state index contributed by atoms with van der Waals surface area (Å²) in [6.45, 7) is 2.02. The molecule has 1 aliphatic rings. The highest BCUT2D eigenvalue weighted by atomic mass is 127. The van der Waals surface area contributed by atoms with Crippen LogP contribution in [0.2, 0.25) is 0 Å². The lowest BCUT2D eigenvalue weighted by molar-refractivity contribution is 0.0468. The van der Waals surface area contributed by atoms with Gasteiger partial charge in [0, 0.05) is 19.8 Å². The zero-order chi connectivity index (χ0) is 17.3. The molecular weight excluding hydrogens is 443 g/mol. The van der Waals surface area contributed by atoms with Gasteiger partial charge in [0.15, 0.2) is 17.4 Å². The van der Waals surface area contributed by atoms with Gasteiger partial charge in [0.05, 0.1) is 19.3 Å². The van der Waals surface area contributed by atoms with Crippen LogP contribution in [0.3, 0.4) is 0 Å². The van der Waals surface area contributed by atoms with Gasteiger partial charge in [-0.1, -0.05) is 31.7 Å². The van der Waals surface area contributed by atoms with E-state index in [9.17, 15) is 0 Å². The largest absolute Gasteiger partial charge is 0.376 e. The third kappa shape index (κ3) is 6.08. The zero-order valence-corrected chi connectivity index (χ0v) is 17.7. The van der Waals surface area contributed by atoms with Gasteiger partial charge in [0.25, 0.3) is 0 Å². The highest BCUT2D eigenvalue weighted by molar-refractivity contribution is 14.0. The van der Waals surface area contributed by atoms with E-state index in [-0.39, 0.29) is 24.0 Å². The van der Waals surface area contributed by atoms with E-state index < -0.39 is 0 Å². The van der Waals surface area contributed by atoms with Crippen molar-refractivity contribution in [2.75, 3.05) is 20.2 Å². The second kappa shape index (κ2) is 11.3. The normalized spacial score (nSPS) is 16.1. The summed E-state index contributed by atoms with van der Waals surface area (Å²) in [6.07, 6.45) is 10.1. The van der Waals surface area contributed by atoms with E-state index in [1.54, 1.807) is 7.05 Å². The van der Waals surface area contributed by atoms with Gasteiger partial charge in [0.1, 0.15) is 0 Å². The molecule has 0 radical (unpaired) electrons. The number of ether oxygens (including phenoxy) is 1. The number of nitrogens with zero attached hydrogens (tertiary/aromatic N) is 4. The molecule has 0 bridgehead atoms. The molecule has 0 atom stereocenters. The van der Waals surface area contributed by atoms with Crippen LogP contribution in [0, 0.1) is 0 Å². The van der Waals surface area contributed by atoms with Gasteiger partial charge in [0.2, 0.25) is 0 Å². The molecule has 2 heterocycles. The molecule has 144 valence electrons. The maximum Gasteiger partial charge on any atom is 0.191 e. The van der Waals surface area contributed by atoms with Gasteiger partial charge in [-0.15, -0.1) is 34.2 Å². The predicted molar refractivity (Wildman–Crippen MR) is 114 cm³/mol. The Labute approximate surface area is 172 Å². The van der Waals surface area contributed by atoms with Crippen molar-refractivity contribution in [2.24, 2.45) is 4.99 Å². The van der Waals surface area contributed by atoms with Crippen LogP contribution in [0.1, 0.15) is 44.3 Å². The summed E-state index contributed by atoms with van der Waals surface area (Å²) in [5.41, 5.74) is 0.846. The topological polar surface area (TPSA) is 75.8 Å². The van der Waals surface area contributed by atoms with Crippen LogP contribution < -0.4 is 10.6 Å². The second-order valence-corrected chi connectivity index (χ2v) is 6.38. The number of guanidine groups is 1. The molecule has 0 saturated heterocycles. The lowest BCUT2D eigenvalue weighted by Gasteiger charge is -2.16. The summed E-state index contributed by atoms with van der Waals surface area (Å²) in [4.78, 5) is 4.25. The predicted octanol–water partition coefficient (Wildman–Crippen LogP) is 2.75. The molecule has 0 aliphatic heterocycles. The Morgan fingerprint density at radius 3 is 2.77 bits per heavy atom. The third-order valence-electron chi connectivity index (χ3n) is 4.57. The molecule has 7 nitrogen and oxygen atoms in total. The van der Waals surface area contributed by atoms with E-state index in [0.717, 1.165) is 24.0 Å². The number of aliphatic imine (C=N–C) groups is 1. The monoisotopic (exact) mass is 472 g/mol. The molecular formula is C18H29IN6O. The minimum atomic E-state index is 0. The summed E-state index contributed by atoms with van der Waals surface area (Å²) in [5.74, 6) is 1.60. The lowest BCUT2D eigenvalue weighted by atomic mass is 10.1. The van der Waals surface area contributed by atoms with Crippen molar-refractivity contribution < 1.29 is 4.74 Å². The maximum atomic E-state index is 5.99. The smallest absolute Gasteiger partial charge is 0.191 e. The van der Waals surface area contributed by atoms with Crippen molar-refractivity contribution in [2.45, 2.75) is 51.2 Å². The average molecular weight is 472 g/mol. The van der Waals surface area contributed by atoms with Gasteiger partial charge in [-0.05, 0) is 25.0 Å². The first-order valence-corrected chi connectivity index (χ1v) is 9.21. The van der Waals surface area contributed by atoms with Crippen molar-refractivity contribution in [3.05, 3.63) is 30.2 Å². The Balaban J connectivity index is 0.00000243. The van der Waals surface area contributed by atoms with E-state index in [4.69, 9.17) is 4.74 Å².